The number of thioether (sulfide) groups is 1. The number of hydrogen-bond donors (Lipinski definition) is 0. The highest BCUT2D eigenvalue weighted by Crippen LogP contribution is 2.32. The van der Waals surface area contributed by atoms with Gasteiger partial charge in [-0.1, -0.05) is 54.6 Å². The van der Waals surface area contributed by atoms with E-state index in [4.69, 9.17) is 15.1 Å². The zero-order valence-electron chi connectivity index (χ0n) is 45.5. The molecule has 12 heteroatoms. The van der Waals surface area contributed by atoms with Crippen molar-refractivity contribution in [2.75, 3.05) is 33.2 Å². The summed E-state index contributed by atoms with van der Waals surface area (Å²) < 4.78 is 233. The highest BCUT2D eigenvalue weighted by atomic mass is 32.2. The van der Waals surface area contributed by atoms with E-state index in [1.54, 1.807) is 0 Å². The molecule has 1 aromatic heterocycles. The molecule has 1 saturated heterocycles. The maximum Gasteiger partial charge on any atom is 0.416 e. The number of rotatable bonds is 12. The molecule has 0 radical (unpaired) electrons. The summed E-state index contributed by atoms with van der Waals surface area (Å²) in [5.74, 6) is -5.73. The van der Waals surface area contributed by atoms with E-state index in [-0.39, 0.29) is 42.8 Å². The largest absolute Gasteiger partial charge is 0.416 e. The Kier molecular flexibility index (Phi) is 6.72. The molecule has 1 fully saturated rings. The molecule has 6 rings (SSSR count). The Bertz CT molecular complexity index is 2930. The minimum atomic E-state index is -4.68. The molecule has 0 N–H and O–H groups in total. The number of hydrogen-bond acceptors (Lipinski definition) is 5. The third-order valence-corrected chi connectivity index (χ3v) is 8.80. The summed E-state index contributed by atoms with van der Waals surface area (Å²) in [6.45, 7) is -14.4. The monoisotopic (exact) mass is 767 g/mol. The molecule has 0 aliphatic carbocycles. The van der Waals surface area contributed by atoms with Gasteiger partial charge >= 0.3 is 6.18 Å². The van der Waals surface area contributed by atoms with Crippen LogP contribution in [0, 0.1) is 18.6 Å². The number of likely N-dealkylation sites (tertiary alicyclic amines) is 1. The number of pyridine rings is 1. The third-order valence-electron chi connectivity index (χ3n) is 7.79. The van der Waals surface area contributed by atoms with Crippen LogP contribution in [0.1, 0.15) is 59.7 Å². The first kappa shape index (κ1) is 21.4. The first-order chi connectivity index (χ1) is 32.4. The number of carbonyl (C=O) groups is 1. The predicted octanol–water partition coefficient (Wildman–Crippen LogP) is 8.71. The Labute approximate surface area is 334 Å². The highest BCUT2D eigenvalue weighted by Gasteiger charge is 2.31. The Hall–Kier alpha value is -4.52. The van der Waals surface area contributed by atoms with E-state index in [9.17, 15) is 32.0 Å². The van der Waals surface area contributed by atoms with E-state index in [1.165, 1.54) is 12.1 Å². The van der Waals surface area contributed by atoms with Crippen molar-refractivity contribution in [1.82, 2.24) is 14.4 Å². The lowest BCUT2D eigenvalue weighted by Crippen LogP contribution is -2.48. The van der Waals surface area contributed by atoms with Gasteiger partial charge in [0.1, 0.15) is 6.50 Å². The number of benzene rings is 4. The molecule has 1 aliphatic heterocycles. The lowest BCUT2D eigenvalue weighted by Gasteiger charge is -2.39. The van der Waals surface area contributed by atoms with Crippen molar-refractivity contribution in [3.05, 3.63) is 135 Å². The molecule has 0 atom stereocenters. The van der Waals surface area contributed by atoms with Gasteiger partial charge in [-0.05, 0) is 72.2 Å². The molecule has 5 aromatic rings. The van der Waals surface area contributed by atoms with Gasteiger partial charge < -0.3 is 19.1 Å². The number of methoxy groups -OCH3 is 1. The molecule has 278 valence electrons. The second-order valence-electron chi connectivity index (χ2n) is 11.4. The normalized spacial score (nSPS) is 24.0. The Morgan fingerprint density at radius 3 is 2.43 bits per heavy atom. The molecular weight excluding hydrogens is 710 g/mol. The number of ether oxygens (including phenoxy) is 1. The van der Waals surface area contributed by atoms with Gasteiger partial charge in [0.25, 0.3) is 0 Å². The van der Waals surface area contributed by atoms with Gasteiger partial charge in [0, 0.05) is 72.9 Å². The maximum absolute atomic E-state index is 15.6. The van der Waals surface area contributed by atoms with Crippen molar-refractivity contribution < 1.29 is 56.2 Å². The number of carbonyl (C=O) groups excluding carboxylic acids is 1. The van der Waals surface area contributed by atoms with Gasteiger partial charge in [0.2, 0.25) is 5.91 Å². The smallest absolute Gasteiger partial charge is 0.383 e. The topological polar surface area (TPSA) is 54.8 Å². The van der Waals surface area contributed by atoms with Gasteiger partial charge in [-0.15, -0.1) is 11.8 Å². The average Bonchev–Trinajstić information content (AvgIpc) is 3.28. The van der Waals surface area contributed by atoms with Gasteiger partial charge in [0.15, 0.2) is 17.1 Å². The Balaban J connectivity index is 1.63. The van der Waals surface area contributed by atoms with Crippen molar-refractivity contribution in [3.63, 3.8) is 0 Å². The number of halogens is 5. The van der Waals surface area contributed by atoms with Crippen LogP contribution in [0.15, 0.2) is 101 Å². The fourth-order valence-electron chi connectivity index (χ4n) is 5.08. The van der Waals surface area contributed by atoms with Crippen LogP contribution in [-0.2, 0) is 34.5 Å². The molecule has 0 saturated carbocycles. The fraction of sp³-hybridized carbons (Fsp3) is 0.317. The van der Waals surface area contributed by atoms with Crippen LogP contribution in [0.3, 0.4) is 0 Å². The minimum absolute atomic E-state index is 0.0973. The van der Waals surface area contributed by atoms with Crippen LogP contribution >= 0.6 is 11.8 Å². The SMILES string of the molecule is [2H]c1c(C)c([2H])c2c(c1[2H])c(=O)c([2H])c(SCc1cccc(F)c1F)n2C([2H])([2H])C(=O)N(Cc1ccc(-c2ccc(C(F)(F)F)cc2)cc1)C1([2H])C([2H])([2H])C([2H])([2H])N(CCOC([2H])([2H])[2H])C([2H])([2H])C1([2H])[2H]. The van der Waals surface area contributed by atoms with Gasteiger partial charge in [-0.2, -0.15) is 13.2 Å². The van der Waals surface area contributed by atoms with Crippen LogP contribution in [-0.4, -0.2) is 59.5 Å². The van der Waals surface area contributed by atoms with E-state index >= 15 is 9.18 Å². The molecule has 0 unspecified atom stereocenters. The number of nitrogens with zero attached hydrogens (tertiary/aromatic N) is 3. The molecule has 53 heavy (non-hydrogen) atoms. The van der Waals surface area contributed by atoms with E-state index in [0.717, 1.165) is 61.5 Å². The summed E-state index contributed by atoms with van der Waals surface area (Å²) in [6, 6.07) is 3.39. The molecule has 2 heterocycles. The van der Waals surface area contributed by atoms with E-state index in [2.05, 4.69) is 4.74 Å². The average molecular weight is 768 g/mol. The summed E-state index contributed by atoms with van der Waals surface area (Å²) in [5, 5.41) is -1.92. The van der Waals surface area contributed by atoms with Crippen molar-refractivity contribution in [2.24, 2.45) is 0 Å². The number of amides is 1. The number of piperidine rings is 1. The Morgan fingerprint density at radius 2 is 1.75 bits per heavy atom. The molecule has 4 aromatic carbocycles. The van der Waals surface area contributed by atoms with Crippen LogP contribution in [0.5, 0.6) is 0 Å². The molecule has 6 nitrogen and oxygen atoms in total. The number of aromatic nitrogens is 1. The summed E-state index contributed by atoms with van der Waals surface area (Å²) in [6.07, 6.45) is -13.1. The highest BCUT2D eigenvalue weighted by molar-refractivity contribution is 7.98. The zero-order chi connectivity index (χ0) is 53.6. The summed E-state index contributed by atoms with van der Waals surface area (Å²) >= 11 is 0.239. The third kappa shape index (κ3) is 9.17. The molecule has 0 bridgehead atoms. The fourth-order valence-corrected chi connectivity index (χ4v) is 6.02. The van der Waals surface area contributed by atoms with Crippen LogP contribution < -0.4 is 5.43 Å². The van der Waals surface area contributed by atoms with Crippen LogP contribution in [0.4, 0.5) is 22.0 Å². The summed E-state index contributed by atoms with van der Waals surface area (Å²) in [7, 11) is -3.16. The van der Waals surface area contributed by atoms with E-state index in [0.29, 0.717) is 0 Å². The van der Waals surface area contributed by atoms with Gasteiger partial charge in [0.05, 0.1) is 36.4 Å². The van der Waals surface area contributed by atoms with Gasteiger partial charge in [-0.25, -0.2) is 8.78 Å². The first-order valence-electron chi connectivity index (χ1n) is 24.6. The van der Waals surface area contributed by atoms with Gasteiger partial charge in [-0.3, -0.25) is 9.59 Å². The van der Waals surface area contributed by atoms with Crippen molar-refractivity contribution in [2.45, 2.75) is 55.7 Å². The van der Waals surface area contributed by atoms with Crippen LogP contribution in [0.25, 0.3) is 22.0 Å². The van der Waals surface area contributed by atoms with Crippen molar-refractivity contribution in [1.29, 1.82) is 0 Å². The lowest BCUT2D eigenvalue weighted by atomic mass is 10.00. The molecule has 0 spiro atoms. The molecular formula is C41H40F5N3O3S. The Morgan fingerprint density at radius 1 is 1.06 bits per heavy atom. The maximum atomic E-state index is 15.6. The first-order valence-corrected chi connectivity index (χ1v) is 16.6. The number of alkyl halides is 3. The van der Waals surface area contributed by atoms with E-state index < -0.39 is 157 Å². The van der Waals surface area contributed by atoms with Crippen molar-refractivity contribution in [3.8, 4) is 11.1 Å². The second-order valence-corrected chi connectivity index (χ2v) is 12.4. The zero-order valence-corrected chi connectivity index (χ0v) is 28.4. The van der Waals surface area contributed by atoms with Crippen molar-refractivity contribution >= 4 is 28.6 Å². The summed E-state index contributed by atoms with van der Waals surface area (Å²) in [5.41, 5.74) is -3.99. The molecule has 1 aliphatic rings. The standard InChI is InChI=1S/C41H40F5N3O3S/c1-27-6-15-34-36(22-27)49(39(23-37(34)50)53-26-31-4-3-5-35(42)40(31)43)25-38(51)48(33-16-18-47(19-17-33)20-21-52-2)24-28-7-9-29(10-8-28)30-11-13-32(14-12-30)41(44,45)46/h3-15,22-23,33H,16-21,24-26H2,1-2H3/i2D3,6D,15D,16D2,17D2,18D2,19D2,22D,23D,25D2,33D. The predicted molar refractivity (Wildman–Crippen MR) is 198 cm³/mol. The minimum Gasteiger partial charge on any atom is -0.383 e. The molecule has 1 amide bonds. The second kappa shape index (κ2) is 16.7. The van der Waals surface area contributed by atoms with Crippen LogP contribution in [0.2, 0.25) is 0 Å². The quantitative estimate of drug-likeness (QED) is 0.0940. The summed E-state index contributed by atoms with van der Waals surface area (Å²) in [4.78, 5) is 29.3. The lowest BCUT2D eigenvalue weighted by molar-refractivity contribution is -0.137. The van der Waals surface area contributed by atoms with E-state index in [1.807, 2.05) is 0 Å². The number of fused-ring (bicyclic) bond motifs is 1.